The van der Waals surface area contributed by atoms with Gasteiger partial charge in [-0.15, -0.1) is 12.4 Å². The van der Waals surface area contributed by atoms with Crippen molar-refractivity contribution in [1.29, 1.82) is 0 Å². The molecule has 0 aliphatic carbocycles. The van der Waals surface area contributed by atoms with Crippen LogP contribution in [-0.2, 0) is 15.7 Å². The molecule has 0 spiro atoms. The van der Waals surface area contributed by atoms with E-state index in [0.717, 1.165) is 23.9 Å². The van der Waals surface area contributed by atoms with Crippen LogP contribution in [0.2, 0.25) is 0 Å². The fourth-order valence-corrected chi connectivity index (χ4v) is 3.84. The van der Waals surface area contributed by atoms with Crippen LogP contribution in [0.15, 0.2) is 69.6 Å². The molecule has 3 aromatic rings. The molecule has 0 bridgehead atoms. The highest BCUT2D eigenvalue weighted by Gasteiger charge is 2.30. The fraction of sp³-hybridized carbons (Fsp3) is 0.292. The van der Waals surface area contributed by atoms with Crippen molar-refractivity contribution in [2.45, 2.75) is 35.5 Å². The number of rotatable bonds is 9. The van der Waals surface area contributed by atoms with Crippen molar-refractivity contribution in [3.8, 4) is 17.2 Å². The number of hydrogen-bond acceptors (Lipinski definition) is 8. The number of nitrogens with two attached hydrogens (primary N) is 1. The SMILES string of the molecule is COc1cc(-n2ccnc(Sc3ccc(C(F)(F)F)cc3)c2=O)ccc1OCC(C)(C)OC(=O)CN.Cl. The first-order valence-electron chi connectivity index (χ1n) is 10.6. The first kappa shape index (κ1) is 30.0. The number of hydrogen-bond donors (Lipinski definition) is 1. The normalized spacial score (nSPS) is 11.4. The molecular weight excluding hydrogens is 535 g/mol. The van der Waals surface area contributed by atoms with Gasteiger partial charge in [0, 0.05) is 23.4 Å². The van der Waals surface area contributed by atoms with Gasteiger partial charge in [-0.3, -0.25) is 14.2 Å². The summed E-state index contributed by atoms with van der Waals surface area (Å²) in [5.74, 6) is 0.127. The van der Waals surface area contributed by atoms with Crippen LogP contribution in [-0.4, -0.2) is 41.4 Å². The summed E-state index contributed by atoms with van der Waals surface area (Å²) >= 11 is 0.955. The van der Waals surface area contributed by atoms with E-state index in [9.17, 15) is 22.8 Å². The topological polar surface area (TPSA) is 106 Å². The van der Waals surface area contributed by atoms with Crippen LogP contribution < -0.4 is 20.8 Å². The number of benzene rings is 2. The van der Waals surface area contributed by atoms with E-state index in [1.165, 1.54) is 36.2 Å². The van der Waals surface area contributed by atoms with E-state index >= 15 is 0 Å². The van der Waals surface area contributed by atoms with Crippen molar-refractivity contribution in [2.24, 2.45) is 5.73 Å². The molecule has 1 aromatic heterocycles. The van der Waals surface area contributed by atoms with Crippen LogP contribution in [0.4, 0.5) is 13.2 Å². The molecule has 0 atom stereocenters. The standard InChI is InChI=1S/C24H24F3N3O5S.ClH/c1-23(2,35-20(31)13-28)14-34-18-9-6-16(12-19(18)33-3)30-11-10-29-21(22(30)32)36-17-7-4-15(5-8-17)24(25,26)27;/h4-12H,13-14,28H2,1-3H3;1H. The Hall–Kier alpha value is -3.22. The van der Waals surface area contributed by atoms with Crippen molar-refractivity contribution in [2.75, 3.05) is 20.3 Å². The van der Waals surface area contributed by atoms with Crippen molar-refractivity contribution < 1.29 is 32.2 Å². The Bertz CT molecular complexity index is 1280. The average molecular weight is 560 g/mol. The molecule has 8 nitrogen and oxygen atoms in total. The van der Waals surface area contributed by atoms with Gasteiger partial charge < -0.3 is 19.9 Å². The lowest BCUT2D eigenvalue weighted by Gasteiger charge is -2.25. The van der Waals surface area contributed by atoms with Gasteiger partial charge in [0.2, 0.25) is 0 Å². The molecule has 1 heterocycles. The predicted octanol–water partition coefficient (Wildman–Crippen LogP) is 4.49. The largest absolute Gasteiger partial charge is 0.493 e. The summed E-state index contributed by atoms with van der Waals surface area (Å²) in [5.41, 5.74) is 3.55. The number of halogens is 4. The number of ether oxygens (including phenoxy) is 3. The number of carbonyl (C=O) groups is 1. The summed E-state index contributed by atoms with van der Waals surface area (Å²) in [4.78, 5) is 29.0. The minimum absolute atomic E-state index is 0. The molecule has 0 radical (unpaired) electrons. The van der Waals surface area contributed by atoms with Crippen LogP contribution in [0.3, 0.4) is 0 Å². The molecule has 37 heavy (non-hydrogen) atoms. The highest BCUT2D eigenvalue weighted by atomic mass is 35.5. The molecule has 3 rings (SSSR count). The maximum Gasteiger partial charge on any atom is 0.416 e. The molecule has 13 heteroatoms. The third-order valence-electron chi connectivity index (χ3n) is 4.76. The van der Waals surface area contributed by atoms with Crippen molar-refractivity contribution in [3.63, 3.8) is 0 Å². The number of alkyl halides is 3. The maximum atomic E-state index is 13.0. The molecule has 0 saturated heterocycles. The molecule has 0 saturated carbocycles. The Labute approximate surface area is 221 Å². The van der Waals surface area contributed by atoms with E-state index in [2.05, 4.69) is 4.98 Å². The highest BCUT2D eigenvalue weighted by molar-refractivity contribution is 7.99. The summed E-state index contributed by atoms with van der Waals surface area (Å²) in [7, 11) is 1.44. The minimum atomic E-state index is -4.44. The van der Waals surface area contributed by atoms with Gasteiger partial charge in [0.1, 0.15) is 12.2 Å². The minimum Gasteiger partial charge on any atom is -0.493 e. The number of esters is 1. The van der Waals surface area contributed by atoms with E-state index in [-0.39, 0.29) is 30.6 Å². The number of carbonyl (C=O) groups excluding carboxylic acids is 1. The molecule has 2 aromatic carbocycles. The molecule has 2 N–H and O–H groups in total. The lowest BCUT2D eigenvalue weighted by molar-refractivity contribution is -0.157. The third kappa shape index (κ3) is 7.88. The molecular formula is C24H25ClF3N3O5S. The number of nitrogens with zero attached hydrogens (tertiary/aromatic N) is 2. The summed E-state index contributed by atoms with van der Waals surface area (Å²) < 4.78 is 56.1. The van der Waals surface area contributed by atoms with Crippen LogP contribution in [0.5, 0.6) is 11.5 Å². The Balaban J connectivity index is 0.00000481. The summed E-state index contributed by atoms with van der Waals surface area (Å²) in [6.45, 7) is 3.13. The van der Waals surface area contributed by atoms with Crippen molar-refractivity contribution in [3.05, 3.63) is 70.8 Å². The van der Waals surface area contributed by atoms with Gasteiger partial charge in [-0.1, -0.05) is 11.8 Å². The van der Waals surface area contributed by atoms with Gasteiger partial charge in [0.15, 0.2) is 16.5 Å². The summed E-state index contributed by atoms with van der Waals surface area (Å²) in [6, 6.07) is 9.29. The quantitative estimate of drug-likeness (QED) is 0.382. The zero-order valence-corrected chi connectivity index (χ0v) is 21.7. The molecule has 0 aliphatic rings. The van der Waals surface area contributed by atoms with Crippen molar-refractivity contribution >= 4 is 30.1 Å². The maximum absolute atomic E-state index is 13.0. The predicted molar refractivity (Wildman–Crippen MR) is 134 cm³/mol. The Morgan fingerprint density at radius 1 is 1.11 bits per heavy atom. The molecule has 0 unspecified atom stereocenters. The van der Waals surface area contributed by atoms with E-state index in [1.807, 2.05) is 0 Å². The Morgan fingerprint density at radius 3 is 2.38 bits per heavy atom. The lowest BCUT2D eigenvalue weighted by Crippen LogP contribution is -2.37. The first-order valence-corrected chi connectivity index (χ1v) is 11.4. The van der Waals surface area contributed by atoms with Crippen LogP contribution in [0.25, 0.3) is 5.69 Å². The van der Waals surface area contributed by atoms with Gasteiger partial charge in [-0.2, -0.15) is 13.2 Å². The number of methoxy groups -OCH3 is 1. The number of aromatic nitrogens is 2. The van der Waals surface area contributed by atoms with Crippen LogP contribution in [0.1, 0.15) is 19.4 Å². The first-order chi connectivity index (χ1) is 16.9. The fourth-order valence-electron chi connectivity index (χ4n) is 3.05. The highest BCUT2D eigenvalue weighted by Crippen LogP contribution is 2.33. The van der Waals surface area contributed by atoms with Gasteiger partial charge in [-0.05, 0) is 50.2 Å². The lowest BCUT2D eigenvalue weighted by atomic mass is 10.1. The zero-order valence-electron chi connectivity index (χ0n) is 20.1. The van der Waals surface area contributed by atoms with Gasteiger partial charge in [0.25, 0.3) is 5.56 Å². The summed E-state index contributed by atoms with van der Waals surface area (Å²) in [6.07, 6.45) is -1.57. The Morgan fingerprint density at radius 2 is 1.78 bits per heavy atom. The zero-order chi connectivity index (χ0) is 26.5. The van der Waals surface area contributed by atoms with Crippen molar-refractivity contribution in [1.82, 2.24) is 9.55 Å². The second kappa shape index (κ2) is 12.3. The van der Waals surface area contributed by atoms with Gasteiger partial charge >= 0.3 is 12.1 Å². The Kier molecular flexibility index (Phi) is 10.0. The molecule has 0 amide bonds. The second-order valence-electron chi connectivity index (χ2n) is 8.09. The van der Waals surface area contributed by atoms with Gasteiger partial charge in [0.05, 0.1) is 24.9 Å². The smallest absolute Gasteiger partial charge is 0.416 e. The molecule has 200 valence electrons. The van der Waals surface area contributed by atoms with E-state index in [4.69, 9.17) is 19.9 Å². The molecule has 0 fully saturated rings. The van der Waals surface area contributed by atoms with E-state index in [0.29, 0.717) is 22.1 Å². The average Bonchev–Trinajstić information content (AvgIpc) is 2.83. The molecule has 0 aliphatic heterocycles. The van der Waals surface area contributed by atoms with E-state index in [1.54, 1.807) is 32.0 Å². The monoisotopic (exact) mass is 559 g/mol. The van der Waals surface area contributed by atoms with Crippen LogP contribution >= 0.6 is 24.2 Å². The third-order valence-corrected chi connectivity index (χ3v) is 5.74. The summed E-state index contributed by atoms with van der Waals surface area (Å²) in [5, 5.41) is 0.0834. The van der Waals surface area contributed by atoms with Crippen LogP contribution in [0, 0.1) is 0 Å². The second-order valence-corrected chi connectivity index (χ2v) is 9.16. The van der Waals surface area contributed by atoms with E-state index < -0.39 is 28.9 Å². The van der Waals surface area contributed by atoms with Gasteiger partial charge in [-0.25, -0.2) is 4.98 Å².